The minimum absolute atomic E-state index is 0.0531. The van der Waals surface area contributed by atoms with Crippen LogP contribution in [0, 0.1) is 0 Å². The van der Waals surface area contributed by atoms with Crippen molar-refractivity contribution in [3.63, 3.8) is 0 Å². The monoisotopic (exact) mass is 430 g/mol. The molecule has 1 aromatic carbocycles. The summed E-state index contributed by atoms with van der Waals surface area (Å²) in [6.07, 6.45) is 1.96. The predicted molar refractivity (Wildman–Crippen MR) is 111 cm³/mol. The second kappa shape index (κ2) is 7.45. The van der Waals surface area contributed by atoms with Crippen LogP contribution in [-0.2, 0) is 25.4 Å². The molecule has 0 aliphatic heterocycles. The number of rotatable bonds is 5. The largest absolute Gasteiger partial charge is 0.349 e. The Morgan fingerprint density at radius 1 is 1.20 bits per heavy atom. The summed E-state index contributed by atoms with van der Waals surface area (Å²) in [6, 6.07) is 6.79. The molecule has 0 spiro atoms. The van der Waals surface area contributed by atoms with E-state index in [1.807, 2.05) is 0 Å². The first-order chi connectivity index (χ1) is 14.3. The summed E-state index contributed by atoms with van der Waals surface area (Å²) >= 11 is 6.14. The molecule has 0 unspecified atom stereocenters. The van der Waals surface area contributed by atoms with Crippen LogP contribution in [0.4, 0.5) is 5.69 Å². The van der Waals surface area contributed by atoms with Gasteiger partial charge in [-0.2, -0.15) is 4.98 Å². The average Bonchev–Trinajstić information content (AvgIpc) is 3.47. The third kappa shape index (κ3) is 3.61. The third-order valence-corrected chi connectivity index (χ3v) is 5.21. The number of benzene rings is 1. The Bertz CT molecular complexity index is 1300. The number of amides is 2. The second-order valence-electron chi connectivity index (χ2n) is 7.22. The van der Waals surface area contributed by atoms with Gasteiger partial charge in [0, 0.05) is 31.4 Å². The van der Waals surface area contributed by atoms with Crippen molar-refractivity contribution in [2.45, 2.75) is 25.4 Å². The lowest BCUT2D eigenvalue weighted by atomic mass is 10.2. The van der Waals surface area contributed by atoms with Gasteiger partial charge in [0.2, 0.25) is 11.2 Å². The van der Waals surface area contributed by atoms with E-state index in [2.05, 4.69) is 15.6 Å². The minimum atomic E-state index is -0.598. The summed E-state index contributed by atoms with van der Waals surface area (Å²) in [5, 5.41) is 5.50. The zero-order valence-corrected chi connectivity index (χ0v) is 17.1. The summed E-state index contributed by atoms with van der Waals surface area (Å²) in [7, 11) is 2.81. The SMILES string of the molecule is Cn1c(=O)c2c(nc(Cl)n2CC(=O)Nc2cccc(C(=O)NC3CC3)c2)n(C)c1=O. The number of nitrogens with zero attached hydrogens (tertiary/aromatic N) is 4. The molecular weight excluding hydrogens is 412 g/mol. The second-order valence-corrected chi connectivity index (χ2v) is 7.56. The molecule has 1 aliphatic rings. The lowest BCUT2D eigenvalue weighted by molar-refractivity contribution is -0.116. The van der Waals surface area contributed by atoms with Crippen LogP contribution in [0.15, 0.2) is 33.9 Å². The number of imidazole rings is 1. The lowest BCUT2D eigenvalue weighted by Gasteiger charge is -2.10. The number of nitrogens with one attached hydrogen (secondary N) is 2. The summed E-state index contributed by atoms with van der Waals surface area (Å²) in [5.74, 6) is -0.659. The topological polar surface area (TPSA) is 120 Å². The molecule has 4 rings (SSSR count). The van der Waals surface area contributed by atoms with E-state index in [1.54, 1.807) is 24.3 Å². The maximum atomic E-state index is 12.6. The number of hydrogen-bond acceptors (Lipinski definition) is 5. The van der Waals surface area contributed by atoms with Gasteiger partial charge in [-0.25, -0.2) is 4.79 Å². The Labute approximate surface area is 175 Å². The summed E-state index contributed by atoms with van der Waals surface area (Å²) in [5.41, 5.74) is -0.116. The van der Waals surface area contributed by atoms with E-state index in [1.165, 1.54) is 23.2 Å². The fraction of sp³-hybridized carbons (Fsp3) is 0.316. The lowest BCUT2D eigenvalue weighted by Crippen LogP contribution is -2.37. The number of hydrogen-bond donors (Lipinski definition) is 2. The Morgan fingerprint density at radius 3 is 2.63 bits per heavy atom. The Hall–Kier alpha value is -3.40. The van der Waals surface area contributed by atoms with Crippen molar-refractivity contribution in [1.82, 2.24) is 24.0 Å². The molecule has 3 aromatic rings. The molecule has 2 amide bonds. The molecule has 2 aromatic heterocycles. The maximum absolute atomic E-state index is 12.6. The van der Waals surface area contributed by atoms with Gasteiger partial charge in [-0.15, -0.1) is 0 Å². The van der Waals surface area contributed by atoms with Crippen LogP contribution in [0.5, 0.6) is 0 Å². The molecule has 0 bridgehead atoms. The van der Waals surface area contributed by atoms with E-state index in [0.29, 0.717) is 11.3 Å². The van der Waals surface area contributed by atoms with Gasteiger partial charge in [0.25, 0.3) is 11.5 Å². The van der Waals surface area contributed by atoms with E-state index in [9.17, 15) is 19.2 Å². The molecule has 0 atom stereocenters. The van der Waals surface area contributed by atoms with Crippen LogP contribution >= 0.6 is 11.6 Å². The predicted octanol–water partition coefficient (Wildman–Crippen LogP) is 0.618. The Morgan fingerprint density at radius 2 is 1.93 bits per heavy atom. The van der Waals surface area contributed by atoms with Crippen molar-refractivity contribution in [2.24, 2.45) is 14.1 Å². The van der Waals surface area contributed by atoms with E-state index < -0.39 is 17.2 Å². The molecule has 30 heavy (non-hydrogen) atoms. The molecule has 2 N–H and O–H groups in total. The highest BCUT2D eigenvalue weighted by atomic mass is 35.5. The van der Waals surface area contributed by atoms with Crippen LogP contribution in [0.1, 0.15) is 23.2 Å². The smallest absolute Gasteiger partial charge is 0.332 e. The van der Waals surface area contributed by atoms with Crippen LogP contribution in [-0.4, -0.2) is 36.5 Å². The number of anilines is 1. The van der Waals surface area contributed by atoms with Gasteiger partial charge in [0.15, 0.2) is 11.2 Å². The van der Waals surface area contributed by atoms with Gasteiger partial charge in [-0.3, -0.25) is 28.1 Å². The standard InChI is InChI=1S/C19H19ClN6O4/c1-24-15-14(17(29)25(2)19(24)30)26(18(20)23-15)9-13(27)21-12-5-3-4-10(8-12)16(28)22-11-6-7-11/h3-5,8,11H,6-7,9H2,1-2H3,(H,21,27)(H,22,28). The fourth-order valence-corrected chi connectivity index (χ4v) is 3.37. The van der Waals surface area contributed by atoms with Gasteiger partial charge in [0.05, 0.1) is 0 Å². The molecular formula is C19H19ClN6O4. The van der Waals surface area contributed by atoms with Crippen molar-refractivity contribution in [2.75, 3.05) is 5.32 Å². The number of aryl methyl sites for hydroxylation is 1. The highest BCUT2D eigenvalue weighted by Gasteiger charge is 2.24. The minimum Gasteiger partial charge on any atom is -0.349 e. The molecule has 0 radical (unpaired) electrons. The Kier molecular flexibility index (Phi) is 4.94. The van der Waals surface area contributed by atoms with Crippen LogP contribution in [0.2, 0.25) is 5.28 Å². The van der Waals surface area contributed by atoms with Crippen LogP contribution in [0.25, 0.3) is 11.2 Å². The van der Waals surface area contributed by atoms with Crippen molar-refractivity contribution in [1.29, 1.82) is 0 Å². The first kappa shape index (κ1) is 19.9. The Balaban J connectivity index is 1.58. The average molecular weight is 431 g/mol. The molecule has 2 heterocycles. The zero-order chi connectivity index (χ0) is 21.6. The molecule has 1 aliphatic carbocycles. The fourth-order valence-electron chi connectivity index (χ4n) is 3.14. The normalized spacial score (nSPS) is 13.4. The van der Waals surface area contributed by atoms with E-state index in [4.69, 9.17) is 11.6 Å². The maximum Gasteiger partial charge on any atom is 0.332 e. The number of aromatic nitrogens is 4. The number of halogens is 1. The highest BCUT2D eigenvalue weighted by Crippen LogP contribution is 2.20. The molecule has 10 nitrogen and oxygen atoms in total. The van der Waals surface area contributed by atoms with Gasteiger partial charge >= 0.3 is 5.69 Å². The number of carbonyl (C=O) groups is 2. The molecule has 156 valence electrons. The van der Waals surface area contributed by atoms with Crippen molar-refractivity contribution >= 4 is 40.3 Å². The molecule has 1 saturated carbocycles. The van der Waals surface area contributed by atoms with E-state index in [-0.39, 0.29) is 34.9 Å². The van der Waals surface area contributed by atoms with Crippen molar-refractivity contribution in [3.05, 3.63) is 56.0 Å². The van der Waals surface area contributed by atoms with Crippen molar-refractivity contribution in [3.8, 4) is 0 Å². The van der Waals surface area contributed by atoms with Gasteiger partial charge in [0.1, 0.15) is 6.54 Å². The molecule has 0 saturated heterocycles. The van der Waals surface area contributed by atoms with E-state index >= 15 is 0 Å². The summed E-state index contributed by atoms with van der Waals surface area (Å²) < 4.78 is 3.37. The quantitative estimate of drug-likeness (QED) is 0.575. The van der Waals surface area contributed by atoms with Crippen molar-refractivity contribution < 1.29 is 9.59 Å². The summed E-state index contributed by atoms with van der Waals surface area (Å²) in [6.45, 7) is -0.290. The first-order valence-corrected chi connectivity index (χ1v) is 9.66. The summed E-state index contributed by atoms with van der Waals surface area (Å²) in [4.78, 5) is 53.4. The van der Waals surface area contributed by atoms with Gasteiger partial charge < -0.3 is 10.6 Å². The van der Waals surface area contributed by atoms with Crippen LogP contribution < -0.4 is 21.9 Å². The number of carbonyl (C=O) groups excluding carboxylic acids is 2. The first-order valence-electron chi connectivity index (χ1n) is 9.29. The van der Waals surface area contributed by atoms with Gasteiger partial charge in [-0.1, -0.05) is 6.07 Å². The molecule has 1 fully saturated rings. The van der Waals surface area contributed by atoms with E-state index in [0.717, 1.165) is 17.4 Å². The molecule has 11 heteroatoms. The van der Waals surface area contributed by atoms with Gasteiger partial charge in [-0.05, 0) is 42.6 Å². The van der Waals surface area contributed by atoms with Crippen LogP contribution in [0.3, 0.4) is 0 Å². The number of fused-ring (bicyclic) bond motifs is 1. The highest BCUT2D eigenvalue weighted by molar-refractivity contribution is 6.29. The third-order valence-electron chi connectivity index (χ3n) is 4.92. The zero-order valence-electron chi connectivity index (χ0n) is 16.3.